The summed E-state index contributed by atoms with van der Waals surface area (Å²) in [5, 5.41) is 0. The molecule has 2 aromatic carbocycles. The van der Waals surface area contributed by atoms with Gasteiger partial charge < -0.3 is 9.47 Å². The Morgan fingerprint density at radius 2 is 1.81 bits per heavy atom. The van der Waals surface area contributed by atoms with Crippen LogP contribution >= 0.6 is 0 Å². The number of hydrogen-bond donors (Lipinski definition) is 0. The average Bonchev–Trinajstić information content (AvgIpc) is 3.17. The molecule has 0 bridgehead atoms. The van der Waals surface area contributed by atoms with Crippen molar-refractivity contribution in [1.82, 2.24) is 18.7 Å². The Kier molecular flexibility index (Phi) is 4.96. The van der Waals surface area contributed by atoms with E-state index < -0.39 is 0 Å². The minimum absolute atomic E-state index is 0.268. The fraction of sp³-hybridized carbons (Fsp3) is 0.320. The van der Waals surface area contributed by atoms with Gasteiger partial charge >= 0.3 is 5.69 Å². The summed E-state index contributed by atoms with van der Waals surface area (Å²) in [6.45, 7) is 6.08. The van der Waals surface area contributed by atoms with Crippen molar-refractivity contribution in [1.29, 1.82) is 0 Å². The van der Waals surface area contributed by atoms with Crippen LogP contribution in [0.1, 0.15) is 18.1 Å². The van der Waals surface area contributed by atoms with Crippen molar-refractivity contribution >= 4 is 22.8 Å². The predicted octanol–water partition coefficient (Wildman–Crippen LogP) is 3.24. The number of hydrogen-bond acceptors (Lipinski definition) is 4. The second kappa shape index (κ2) is 7.82. The molecule has 7 nitrogen and oxygen atoms in total. The van der Waals surface area contributed by atoms with Crippen LogP contribution in [0.2, 0.25) is 0 Å². The van der Waals surface area contributed by atoms with Crippen molar-refractivity contribution in [2.75, 3.05) is 11.4 Å². The Morgan fingerprint density at radius 1 is 1.03 bits per heavy atom. The van der Waals surface area contributed by atoms with Crippen molar-refractivity contribution in [2.45, 2.75) is 33.4 Å². The molecule has 4 aromatic rings. The van der Waals surface area contributed by atoms with Crippen molar-refractivity contribution in [3.63, 3.8) is 0 Å². The van der Waals surface area contributed by atoms with E-state index in [4.69, 9.17) is 4.98 Å². The number of nitrogens with zero attached hydrogens (tertiary/aromatic N) is 5. The van der Waals surface area contributed by atoms with Crippen LogP contribution in [0, 0.1) is 12.8 Å². The van der Waals surface area contributed by atoms with Crippen LogP contribution in [0.25, 0.3) is 11.2 Å². The predicted molar refractivity (Wildman–Crippen MR) is 127 cm³/mol. The monoisotopic (exact) mass is 429 g/mol. The molecule has 1 unspecified atom stereocenters. The molecule has 0 fully saturated rings. The first-order chi connectivity index (χ1) is 15.4. The molecule has 0 N–H and O–H groups in total. The molecule has 3 heterocycles. The molecule has 7 heteroatoms. The zero-order valence-electron chi connectivity index (χ0n) is 18.7. The number of aromatic nitrogens is 4. The highest BCUT2D eigenvalue weighted by Crippen LogP contribution is 2.33. The van der Waals surface area contributed by atoms with Crippen LogP contribution in [-0.4, -0.2) is 25.2 Å². The minimum atomic E-state index is -0.330. The van der Waals surface area contributed by atoms with Crippen molar-refractivity contribution in [3.8, 4) is 0 Å². The zero-order chi connectivity index (χ0) is 22.4. The lowest BCUT2D eigenvalue weighted by Gasteiger charge is -2.33. The number of benzene rings is 2. The van der Waals surface area contributed by atoms with Crippen molar-refractivity contribution < 1.29 is 0 Å². The van der Waals surface area contributed by atoms with Gasteiger partial charge in [-0.3, -0.25) is 13.9 Å². The lowest BCUT2D eigenvalue weighted by Crippen LogP contribution is -2.40. The maximum Gasteiger partial charge on any atom is 0.332 e. The van der Waals surface area contributed by atoms with Crippen LogP contribution < -0.4 is 16.1 Å². The van der Waals surface area contributed by atoms with E-state index in [9.17, 15) is 9.59 Å². The summed E-state index contributed by atoms with van der Waals surface area (Å²) in [4.78, 5) is 33.5. The zero-order valence-corrected chi connectivity index (χ0v) is 18.7. The van der Waals surface area contributed by atoms with E-state index in [1.54, 1.807) is 7.05 Å². The summed E-state index contributed by atoms with van der Waals surface area (Å²) < 4.78 is 4.85. The Hall–Kier alpha value is -3.61. The minimum Gasteiger partial charge on any atom is -0.312 e. The molecule has 0 saturated carbocycles. The Morgan fingerprint density at radius 3 is 2.56 bits per heavy atom. The molecule has 0 spiro atoms. The Bertz CT molecular complexity index is 1410. The lowest BCUT2D eigenvalue weighted by molar-refractivity contribution is 0.457. The van der Waals surface area contributed by atoms with Gasteiger partial charge in [0.2, 0.25) is 5.95 Å². The summed E-state index contributed by atoms with van der Waals surface area (Å²) in [5.41, 5.74) is 3.65. The maximum absolute atomic E-state index is 13.5. The van der Waals surface area contributed by atoms with Gasteiger partial charge in [0.25, 0.3) is 5.56 Å². The number of rotatable bonds is 4. The first-order valence-electron chi connectivity index (χ1n) is 11.0. The number of fused-ring (bicyclic) bond motifs is 3. The van der Waals surface area contributed by atoms with Crippen LogP contribution in [0.15, 0.2) is 64.2 Å². The Balaban J connectivity index is 1.66. The molecule has 1 aliphatic heterocycles. The second-order valence-electron chi connectivity index (χ2n) is 8.78. The molecule has 0 aliphatic carbocycles. The summed E-state index contributed by atoms with van der Waals surface area (Å²) in [6.07, 6.45) is 0.619. The van der Waals surface area contributed by atoms with E-state index in [0.717, 1.165) is 23.7 Å². The van der Waals surface area contributed by atoms with Crippen LogP contribution in [0.4, 0.5) is 11.6 Å². The third kappa shape index (κ3) is 3.34. The molecule has 1 aliphatic rings. The Labute approximate surface area is 186 Å². The molecule has 0 radical (unpaired) electrons. The van der Waals surface area contributed by atoms with Gasteiger partial charge in [-0.1, -0.05) is 49.4 Å². The summed E-state index contributed by atoms with van der Waals surface area (Å²) >= 11 is 0. The highest BCUT2D eigenvalue weighted by molar-refractivity contribution is 5.77. The van der Waals surface area contributed by atoms with Gasteiger partial charge in [0.15, 0.2) is 11.2 Å². The third-order valence-electron chi connectivity index (χ3n) is 6.22. The molecular weight excluding hydrogens is 402 g/mol. The summed E-state index contributed by atoms with van der Waals surface area (Å²) in [5.74, 6) is 1.05. The largest absolute Gasteiger partial charge is 0.332 e. The molecule has 5 rings (SSSR count). The van der Waals surface area contributed by atoms with E-state index in [1.807, 2.05) is 41.0 Å². The van der Waals surface area contributed by atoms with E-state index in [-0.39, 0.29) is 11.2 Å². The summed E-state index contributed by atoms with van der Waals surface area (Å²) in [6, 6.07) is 18.2. The maximum atomic E-state index is 13.5. The van der Waals surface area contributed by atoms with E-state index >= 15 is 0 Å². The van der Waals surface area contributed by atoms with Gasteiger partial charge in [0, 0.05) is 32.4 Å². The topological polar surface area (TPSA) is 65.1 Å². The van der Waals surface area contributed by atoms with Crippen LogP contribution in [0.3, 0.4) is 0 Å². The molecule has 164 valence electrons. The van der Waals surface area contributed by atoms with Gasteiger partial charge in [-0.15, -0.1) is 0 Å². The third-order valence-corrected chi connectivity index (χ3v) is 6.22. The fourth-order valence-electron chi connectivity index (χ4n) is 4.60. The molecule has 1 atom stereocenters. The van der Waals surface area contributed by atoms with E-state index in [0.29, 0.717) is 36.6 Å². The van der Waals surface area contributed by atoms with Gasteiger partial charge in [-0.25, -0.2) is 4.79 Å². The highest BCUT2D eigenvalue weighted by atomic mass is 16.2. The molecule has 0 saturated heterocycles. The quantitative estimate of drug-likeness (QED) is 0.500. The van der Waals surface area contributed by atoms with E-state index in [2.05, 4.69) is 36.9 Å². The van der Waals surface area contributed by atoms with Crippen LogP contribution in [-0.2, 0) is 26.6 Å². The summed E-state index contributed by atoms with van der Waals surface area (Å²) in [7, 11) is 1.70. The highest BCUT2D eigenvalue weighted by Gasteiger charge is 2.29. The molecule has 2 aromatic heterocycles. The number of anilines is 2. The number of imidazole rings is 1. The van der Waals surface area contributed by atoms with Gasteiger partial charge in [-0.05, 0) is 42.5 Å². The van der Waals surface area contributed by atoms with Crippen LogP contribution in [0.5, 0.6) is 0 Å². The first kappa shape index (κ1) is 20.3. The second-order valence-corrected chi connectivity index (χ2v) is 8.78. The van der Waals surface area contributed by atoms with Gasteiger partial charge in [0.05, 0.1) is 0 Å². The van der Waals surface area contributed by atoms with Crippen molar-refractivity contribution in [3.05, 3.63) is 86.6 Å². The smallest absolute Gasteiger partial charge is 0.312 e. The number of aryl methyl sites for hydroxylation is 3. The van der Waals surface area contributed by atoms with E-state index in [1.165, 1.54) is 14.7 Å². The first-order valence-corrected chi connectivity index (χ1v) is 11.0. The molecule has 0 amide bonds. The van der Waals surface area contributed by atoms with Gasteiger partial charge in [-0.2, -0.15) is 4.98 Å². The molecule has 32 heavy (non-hydrogen) atoms. The lowest BCUT2D eigenvalue weighted by atomic mass is 10.1. The average molecular weight is 430 g/mol. The standard InChI is InChI=1S/C25H27N5O2/c1-17-8-7-11-20(14-17)29-15-18(2)16-30-21-22(26-24(29)30)27(3)25(32)28(23(21)31)13-12-19-9-5-4-6-10-19/h4-11,14,18H,12-13,15-16H2,1-3H3. The fourth-order valence-corrected chi connectivity index (χ4v) is 4.60. The van der Waals surface area contributed by atoms with Gasteiger partial charge in [0.1, 0.15) is 0 Å². The molecular formula is C25H27N5O2. The SMILES string of the molecule is Cc1cccc(N2CC(C)Cn3c2nc2c3c(=O)n(CCc3ccccc3)c(=O)n2C)c1. The normalized spacial score (nSPS) is 15.8. The van der Waals surface area contributed by atoms with Crippen molar-refractivity contribution in [2.24, 2.45) is 13.0 Å².